The molecule has 0 atom stereocenters. The number of halogens is 4. The molecular formula is C20H26ClF3N2O3S. The van der Waals surface area contributed by atoms with E-state index in [1.165, 1.54) is 19.3 Å². The van der Waals surface area contributed by atoms with Gasteiger partial charge in [-0.1, -0.05) is 30.9 Å². The molecule has 0 radical (unpaired) electrons. The highest BCUT2D eigenvalue weighted by Gasteiger charge is 2.37. The smallest absolute Gasteiger partial charge is 0.356 e. The molecule has 1 amide bonds. The zero-order valence-corrected chi connectivity index (χ0v) is 18.1. The Morgan fingerprint density at radius 2 is 1.73 bits per heavy atom. The predicted molar refractivity (Wildman–Crippen MR) is 108 cm³/mol. The molecule has 0 bridgehead atoms. The number of piperidine rings is 1. The largest absolute Gasteiger partial charge is 0.417 e. The normalized spacial score (nSPS) is 20.3. The van der Waals surface area contributed by atoms with Crippen molar-refractivity contribution in [2.75, 3.05) is 19.6 Å². The lowest BCUT2D eigenvalue weighted by Gasteiger charge is -2.31. The third kappa shape index (κ3) is 5.48. The molecule has 1 aliphatic carbocycles. The van der Waals surface area contributed by atoms with Crippen LogP contribution in [0.15, 0.2) is 23.1 Å². The zero-order chi connectivity index (χ0) is 21.9. The lowest BCUT2D eigenvalue weighted by atomic mass is 9.89. The van der Waals surface area contributed by atoms with Crippen molar-refractivity contribution in [2.24, 2.45) is 11.8 Å². The minimum atomic E-state index is -4.74. The molecule has 5 nitrogen and oxygen atoms in total. The fourth-order valence-electron chi connectivity index (χ4n) is 4.17. The first-order valence-corrected chi connectivity index (χ1v) is 12.1. The van der Waals surface area contributed by atoms with Crippen LogP contribution >= 0.6 is 11.6 Å². The summed E-state index contributed by atoms with van der Waals surface area (Å²) in [6, 6.07) is 2.60. The van der Waals surface area contributed by atoms with Gasteiger partial charge in [-0.15, -0.1) is 0 Å². The number of amides is 1. The molecule has 2 aliphatic rings. The summed E-state index contributed by atoms with van der Waals surface area (Å²) < 4.78 is 65.9. The minimum Gasteiger partial charge on any atom is -0.356 e. The maximum absolute atomic E-state index is 13.1. The van der Waals surface area contributed by atoms with E-state index in [9.17, 15) is 26.4 Å². The molecule has 1 aliphatic heterocycles. The Balaban J connectivity index is 1.59. The molecule has 30 heavy (non-hydrogen) atoms. The second-order valence-corrected chi connectivity index (χ2v) is 10.4. The average molecular weight is 467 g/mol. The van der Waals surface area contributed by atoms with Gasteiger partial charge in [0.1, 0.15) is 0 Å². The molecule has 3 rings (SSSR count). The molecule has 1 saturated carbocycles. The van der Waals surface area contributed by atoms with Crippen LogP contribution in [0, 0.1) is 11.8 Å². The van der Waals surface area contributed by atoms with Crippen LogP contribution in [0.4, 0.5) is 13.2 Å². The fourth-order valence-corrected chi connectivity index (χ4v) is 5.89. The van der Waals surface area contributed by atoms with Gasteiger partial charge in [-0.3, -0.25) is 4.79 Å². The Labute approximate surface area is 180 Å². The number of sulfonamides is 1. The maximum Gasteiger partial charge on any atom is 0.417 e. The molecule has 1 aromatic rings. The second-order valence-electron chi connectivity index (χ2n) is 8.07. The number of carbonyl (C=O) groups is 1. The van der Waals surface area contributed by atoms with Crippen molar-refractivity contribution in [1.82, 2.24) is 9.62 Å². The third-order valence-corrected chi connectivity index (χ3v) is 8.22. The number of rotatable bonds is 5. The molecule has 0 aromatic heterocycles. The van der Waals surface area contributed by atoms with Crippen molar-refractivity contribution >= 4 is 27.5 Å². The Morgan fingerprint density at radius 1 is 1.10 bits per heavy atom. The first-order chi connectivity index (χ1) is 14.1. The Hall–Kier alpha value is -1.32. The summed E-state index contributed by atoms with van der Waals surface area (Å²) in [4.78, 5) is 12.0. The summed E-state index contributed by atoms with van der Waals surface area (Å²) in [5.74, 6) is 0.162. The van der Waals surface area contributed by atoms with Gasteiger partial charge in [0, 0.05) is 25.6 Å². The number of hydrogen-bond acceptors (Lipinski definition) is 3. The summed E-state index contributed by atoms with van der Waals surface area (Å²) in [6.07, 6.45) is 1.82. The molecule has 2 fully saturated rings. The van der Waals surface area contributed by atoms with Crippen LogP contribution in [0.2, 0.25) is 5.02 Å². The molecule has 168 valence electrons. The van der Waals surface area contributed by atoms with E-state index >= 15 is 0 Å². The van der Waals surface area contributed by atoms with Gasteiger partial charge in [0.25, 0.3) is 0 Å². The van der Waals surface area contributed by atoms with Crippen LogP contribution in [0.3, 0.4) is 0 Å². The van der Waals surface area contributed by atoms with Gasteiger partial charge in [-0.2, -0.15) is 17.5 Å². The fraction of sp³-hybridized carbons (Fsp3) is 0.650. The monoisotopic (exact) mass is 466 g/mol. The van der Waals surface area contributed by atoms with Gasteiger partial charge in [-0.05, 0) is 49.8 Å². The van der Waals surface area contributed by atoms with E-state index in [0.29, 0.717) is 31.4 Å². The first kappa shape index (κ1) is 23.3. The van der Waals surface area contributed by atoms with E-state index in [1.807, 2.05) is 0 Å². The highest BCUT2D eigenvalue weighted by molar-refractivity contribution is 7.89. The lowest BCUT2D eigenvalue weighted by Crippen LogP contribution is -2.43. The molecular weight excluding hydrogens is 441 g/mol. The number of nitrogens with zero attached hydrogens (tertiary/aromatic N) is 1. The SMILES string of the molecule is O=C(NCC1CCCCC1)C1CCN(S(=O)(=O)c2ccc(Cl)c(C(F)(F)F)c2)CC1. The third-order valence-electron chi connectivity index (χ3n) is 6.00. The van der Waals surface area contributed by atoms with E-state index in [1.54, 1.807) is 0 Å². The quantitative estimate of drug-likeness (QED) is 0.696. The number of nitrogens with one attached hydrogen (secondary N) is 1. The summed E-state index contributed by atoms with van der Waals surface area (Å²) >= 11 is 5.58. The molecule has 1 N–H and O–H groups in total. The van der Waals surface area contributed by atoms with Crippen LogP contribution < -0.4 is 5.32 Å². The van der Waals surface area contributed by atoms with Crippen molar-refractivity contribution in [3.8, 4) is 0 Å². The predicted octanol–water partition coefficient (Wildman–Crippen LogP) is 4.46. The Bertz CT molecular complexity index is 863. The Kier molecular flexibility index (Phi) is 7.35. The van der Waals surface area contributed by atoms with Crippen molar-refractivity contribution in [3.05, 3.63) is 28.8 Å². The standard InChI is InChI=1S/C20H26ClF3N2O3S/c21-18-7-6-16(12-17(18)20(22,23)24)30(28,29)26-10-8-15(9-11-26)19(27)25-13-14-4-2-1-3-5-14/h6-7,12,14-15H,1-5,8-11,13H2,(H,25,27). The van der Waals surface area contributed by atoms with E-state index in [-0.39, 0.29) is 24.9 Å². The van der Waals surface area contributed by atoms with E-state index < -0.39 is 31.7 Å². The molecule has 10 heteroatoms. The van der Waals surface area contributed by atoms with Gasteiger partial charge in [0.2, 0.25) is 15.9 Å². The number of carbonyl (C=O) groups excluding carboxylic acids is 1. The van der Waals surface area contributed by atoms with Crippen molar-refractivity contribution in [2.45, 2.75) is 56.0 Å². The van der Waals surface area contributed by atoms with Gasteiger partial charge in [0.15, 0.2) is 0 Å². The zero-order valence-electron chi connectivity index (χ0n) is 16.5. The Morgan fingerprint density at radius 3 is 2.33 bits per heavy atom. The molecule has 1 aromatic carbocycles. The van der Waals surface area contributed by atoms with Gasteiger partial charge >= 0.3 is 6.18 Å². The molecule has 1 heterocycles. The molecule has 0 spiro atoms. The number of benzene rings is 1. The summed E-state index contributed by atoms with van der Waals surface area (Å²) in [5.41, 5.74) is -1.18. The second kappa shape index (κ2) is 9.44. The molecule has 0 unspecified atom stereocenters. The summed E-state index contributed by atoms with van der Waals surface area (Å²) in [5, 5.41) is 2.44. The van der Waals surface area contributed by atoms with Crippen LogP contribution in [-0.4, -0.2) is 38.3 Å². The highest BCUT2D eigenvalue weighted by Crippen LogP contribution is 2.36. The first-order valence-electron chi connectivity index (χ1n) is 10.2. The number of hydrogen-bond donors (Lipinski definition) is 1. The van der Waals surface area contributed by atoms with Crippen LogP contribution in [0.5, 0.6) is 0 Å². The van der Waals surface area contributed by atoms with E-state index in [0.717, 1.165) is 29.3 Å². The maximum atomic E-state index is 13.1. The number of alkyl halides is 3. The van der Waals surface area contributed by atoms with Crippen LogP contribution in [0.1, 0.15) is 50.5 Å². The summed E-state index contributed by atoms with van der Waals surface area (Å²) in [7, 11) is -4.10. The average Bonchev–Trinajstić information content (AvgIpc) is 2.72. The minimum absolute atomic E-state index is 0.0662. The van der Waals surface area contributed by atoms with Crippen molar-refractivity contribution < 1.29 is 26.4 Å². The van der Waals surface area contributed by atoms with Crippen LogP contribution in [0.25, 0.3) is 0 Å². The summed E-state index contributed by atoms with van der Waals surface area (Å²) in [6.45, 7) is 0.837. The van der Waals surface area contributed by atoms with E-state index in [2.05, 4.69) is 5.32 Å². The van der Waals surface area contributed by atoms with Crippen molar-refractivity contribution in [1.29, 1.82) is 0 Å². The topological polar surface area (TPSA) is 66.5 Å². The van der Waals surface area contributed by atoms with E-state index in [4.69, 9.17) is 11.6 Å². The van der Waals surface area contributed by atoms with Gasteiger partial charge < -0.3 is 5.32 Å². The van der Waals surface area contributed by atoms with Gasteiger partial charge in [0.05, 0.1) is 15.5 Å². The lowest BCUT2D eigenvalue weighted by molar-refractivity contribution is -0.137. The molecule has 1 saturated heterocycles. The van der Waals surface area contributed by atoms with Crippen molar-refractivity contribution in [3.63, 3.8) is 0 Å². The highest BCUT2D eigenvalue weighted by atomic mass is 35.5. The van der Waals surface area contributed by atoms with Crippen LogP contribution in [-0.2, 0) is 21.0 Å². The van der Waals surface area contributed by atoms with Gasteiger partial charge in [-0.25, -0.2) is 8.42 Å².